The first kappa shape index (κ1) is 35.6. The van der Waals surface area contributed by atoms with Gasteiger partial charge in [0.05, 0.1) is 34.7 Å². The molecule has 0 atom stereocenters. The predicted molar refractivity (Wildman–Crippen MR) is 216 cm³/mol. The Labute approximate surface area is 315 Å². The lowest BCUT2D eigenvalue weighted by Gasteiger charge is -2.12. The number of amides is 2. The van der Waals surface area contributed by atoms with E-state index in [1.165, 1.54) is 16.7 Å². The number of fused-ring (bicyclic) bond motifs is 2. The van der Waals surface area contributed by atoms with Gasteiger partial charge in [-0.2, -0.15) is 0 Å². The molecule has 2 N–H and O–H groups in total. The summed E-state index contributed by atoms with van der Waals surface area (Å²) in [6.45, 7) is 5.67. The number of nitrogens with one attached hydrogen (secondary N) is 2. The summed E-state index contributed by atoms with van der Waals surface area (Å²) in [6, 6.07) is 48.9. The molecular weight excluding hydrogens is 669 g/mol. The van der Waals surface area contributed by atoms with Gasteiger partial charge in [0.25, 0.3) is 0 Å². The van der Waals surface area contributed by atoms with Gasteiger partial charge in [-0.05, 0) is 71.5 Å². The van der Waals surface area contributed by atoms with Crippen LogP contribution in [0.2, 0.25) is 0 Å². The molecule has 8 rings (SSSR count). The van der Waals surface area contributed by atoms with Gasteiger partial charge in [0.15, 0.2) is 0 Å². The molecule has 6 aromatic carbocycles. The van der Waals surface area contributed by atoms with Gasteiger partial charge in [-0.3, -0.25) is 9.59 Å². The minimum atomic E-state index is -0.0307. The summed E-state index contributed by atoms with van der Waals surface area (Å²) in [5.74, 6) is -0.0611. The van der Waals surface area contributed by atoms with Crippen LogP contribution in [0.15, 0.2) is 158 Å². The van der Waals surface area contributed by atoms with E-state index in [-0.39, 0.29) is 24.9 Å². The van der Waals surface area contributed by atoms with Crippen LogP contribution in [0.25, 0.3) is 44.3 Å². The maximum atomic E-state index is 12.5. The monoisotopic (exact) mass is 710 g/mol. The lowest BCUT2D eigenvalue weighted by atomic mass is 9.98. The average Bonchev–Trinajstić information content (AvgIpc) is 3.81. The molecular formula is C46H42N6O2. The highest BCUT2D eigenvalue weighted by molar-refractivity contribution is 5.82. The Morgan fingerprint density at radius 1 is 0.500 bits per heavy atom. The molecule has 0 unspecified atom stereocenters. The summed E-state index contributed by atoms with van der Waals surface area (Å²) in [6.07, 6.45) is 3.43. The Morgan fingerprint density at radius 3 is 1.52 bits per heavy atom. The first-order valence-electron chi connectivity index (χ1n) is 18.0. The van der Waals surface area contributed by atoms with Crippen LogP contribution in [0.1, 0.15) is 22.3 Å². The van der Waals surface area contributed by atoms with Crippen LogP contribution in [0.4, 0.5) is 0 Å². The first-order chi connectivity index (χ1) is 26.4. The largest absolute Gasteiger partial charge is 0.350 e. The zero-order valence-corrected chi connectivity index (χ0v) is 30.4. The molecule has 0 aliphatic carbocycles. The summed E-state index contributed by atoms with van der Waals surface area (Å²) < 4.78 is 3.74. The second kappa shape index (κ2) is 16.7. The van der Waals surface area contributed by atoms with E-state index in [2.05, 4.69) is 107 Å². The van der Waals surface area contributed by atoms with E-state index in [4.69, 9.17) is 0 Å². The molecule has 0 radical (unpaired) electrons. The smallest absolute Gasteiger partial charge is 0.240 e. The number of para-hydroxylation sites is 4. The normalized spacial score (nSPS) is 10.9. The number of hydrogen-bond acceptors (Lipinski definition) is 4. The Bertz CT molecular complexity index is 2530. The number of carbonyl (C=O) groups excluding carboxylic acids is 2. The van der Waals surface area contributed by atoms with Crippen LogP contribution in [-0.2, 0) is 35.8 Å². The molecule has 0 aliphatic rings. The van der Waals surface area contributed by atoms with Gasteiger partial charge in [-0.1, -0.05) is 132 Å². The summed E-state index contributed by atoms with van der Waals surface area (Å²) in [7, 11) is 0. The van der Waals surface area contributed by atoms with Gasteiger partial charge in [0.1, 0.15) is 13.1 Å². The second-order valence-corrected chi connectivity index (χ2v) is 13.3. The maximum absolute atomic E-state index is 12.5. The molecule has 0 spiro atoms. The highest BCUT2D eigenvalue weighted by atomic mass is 16.2. The molecule has 8 heteroatoms. The van der Waals surface area contributed by atoms with E-state index in [9.17, 15) is 9.59 Å². The van der Waals surface area contributed by atoms with Crippen molar-refractivity contribution in [2.75, 3.05) is 0 Å². The molecule has 0 saturated carbocycles. The van der Waals surface area contributed by atoms with Crippen molar-refractivity contribution in [2.45, 2.75) is 40.0 Å². The molecule has 2 heterocycles. The van der Waals surface area contributed by atoms with Crippen LogP contribution in [0, 0.1) is 13.8 Å². The molecule has 0 fully saturated rings. The minimum Gasteiger partial charge on any atom is -0.350 e. The number of rotatable bonds is 10. The number of benzene rings is 6. The quantitative estimate of drug-likeness (QED) is 0.149. The number of nitrogens with zero attached hydrogens (tertiary/aromatic N) is 4. The third kappa shape index (κ3) is 8.62. The van der Waals surface area contributed by atoms with Crippen molar-refractivity contribution >= 4 is 33.9 Å². The van der Waals surface area contributed by atoms with Gasteiger partial charge >= 0.3 is 0 Å². The molecule has 2 aromatic heterocycles. The Balaban J connectivity index is 0.000000167. The van der Waals surface area contributed by atoms with Crippen LogP contribution < -0.4 is 10.6 Å². The van der Waals surface area contributed by atoms with Crippen molar-refractivity contribution in [3.8, 4) is 22.3 Å². The van der Waals surface area contributed by atoms with Gasteiger partial charge < -0.3 is 19.8 Å². The second-order valence-electron chi connectivity index (χ2n) is 13.3. The summed E-state index contributed by atoms with van der Waals surface area (Å²) >= 11 is 0. The lowest BCUT2D eigenvalue weighted by molar-refractivity contribution is -0.122. The maximum Gasteiger partial charge on any atom is 0.240 e. The number of aryl methyl sites for hydroxylation is 2. The van der Waals surface area contributed by atoms with E-state index >= 15 is 0 Å². The van der Waals surface area contributed by atoms with Crippen LogP contribution in [0.3, 0.4) is 0 Å². The lowest BCUT2D eigenvalue weighted by Crippen LogP contribution is -2.27. The average molecular weight is 711 g/mol. The van der Waals surface area contributed by atoms with Crippen LogP contribution in [0.5, 0.6) is 0 Å². The van der Waals surface area contributed by atoms with Gasteiger partial charge in [-0.25, -0.2) is 9.97 Å². The molecule has 8 nitrogen and oxygen atoms in total. The van der Waals surface area contributed by atoms with E-state index in [1.807, 2.05) is 81.9 Å². The molecule has 0 saturated heterocycles. The Hall–Kier alpha value is -6.80. The van der Waals surface area contributed by atoms with E-state index in [0.29, 0.717) is 13.1 Å². The molecule has 2 amide bonds. The fraction of sp³-hybridized carbons (Fsp3) is 0.130. The zero-order valence-electron chi connectivity index (χ0n) is 30.4. The Morgan fingerprint density at radius 2 is 0.981 bits per heavy atom. The summed E-state index contributed by atoms with van der Waals surface area (Å²) in [5, 5.41) is 6.08. The van der Waals surface area contributed by atoms with E-state index in [0.717, 1.165) is 49.9 Å². The molecule has 268 valence electrons. The van der Waals surface area contributed by atoms with Gasteiger partial charge in [0, 0.05) is 13.1 Å². The van der Waals surface area contributed by atoms with E-state index < -0.39 is 0 Å². The summed E-state index contributed by atoms with van der Waals surface area (Å²) in [4.78, 5) is 33.6. The van der Waals surface area contributed by atoms with Crippen LogP contribution >= 0.6 is 0 Å². The fourth-order valence-corrected chi connectivity index (χ4v) is 6.54. The van der Waals surface area contributed by atoms with Crippen molar-refractivity contribution in [3.05, 3.63) is 181 Å². The highest BCUT2D eigenvalue weighted by Crippen LogP contribution is 2.25. The van der Waals surface area contributed by atoms with E-state index in [1.54, 1.807) is 12.7 Å². The van der Waals surface area contributed by atoms with Crippen molar-refractivity contribution in [3.63, 3.8) is 0 Å². The minimum absolute atomic E-state index is 0.0304. The number of aromatic nitrogens is 4. The number of imidazole rings is 2. The fourth-order valence-electron chi connectivity index (χ4n) is 6.54. The van der Waals surface area contributed by atoms with Crippen molar-refractivity contribution < 1.29 is 9.59 Å². The molecule has 0 aliphatic heterocycles. The SMILES string of the molecule is Cc1ccc(-c2ccccc2CNC(=O)Cn2cnc3ccccc32)cc1.Cc1cccc(-c2ccccc2CNC(=O)Cn2cnc3ccccc32)c1. The molecule has 0 bridgehead atoms. The molecule has 8 aromatic rings. The van der Waals surface area contributed by atoms with Crippen molar-refractivity contribution in [2.24, 2.45) is 0 Å². The third-order valence-corrected chi connectivity index (χ3v) is 9.36. The van der Waals surface area contributed by atoms with Gasteiger partial charge in [0.2, 0.25) is 11.8 Å². The van der Waals surface area contributed by atoms with Crippen molar-refractivity contribution in [1.29, 1.82) is 0 Å². The highest BCUT2D eigenvalue weighted by Gasteiger charge is 2.11. The number of hydrogen-bond donors (Lipinski definition) is 2. The summed E-state index contributed by atoms with van der Waals surface area (Å²) in [5.41, 5.74) is 13.0. The first-order valence-corrected chi connectivity index (χ1v) is 18.0. The number of carbonyl (C=O) groups is 2. The molecule has 54 heavy (non-hydrogen) atoms. The predicted octanol–water partition coefficient (Wildman–Crippen LogP) is 8.66. The zero-order chi connectivity index (χ0) is 37.3. The van der Waals surface area contributed by atoms with Gasteiger partial charge in [-0.15, -0.1) is 0 Å². The topological polar surface area (TPSA) is 93.8 Å². The Kier molecular flexibility index (Phi) is 11.0. The third-order valence-electron chi connectivity index (χ3n) is 9.36. The van der Waals surface area contributed by atoms with Crippen LogP contribution in [-0.4, -0.2) is 30.9 Å². The standard InChI is InChI=1S/2C23H21N3O/c1-17-7-6-9-18(13-17)20-10-3-2-8-19(20)14-24-23(27)15-26-16-25-21-11-4-5-12-22(21)26;1-17-10-12-18(13-11-17)20-7-3-2-6-19(20)14-24-23(27)15-26-16-25-21-8-4-5-9-22(21)26/h2*2-13,16H,14-15H2,1H3,(H,24,27). The van der Waals surface area contributed by atoms with Crippen molar-refractivity contribution in [1.82, 2.24) is 29.7 Å².